The summed E-state index contributed by atoms with van der Waals surface area (Å²) in [7, 11) is 0. The molecule has 0 spiro atoms. The average molecular weight is 226 g/mol. The monoisotopic (exact) mass is 226 g/mol. The largest absolute Gasteiger partial charge is 0.508 e. The highest BCUT2D eigenvalue weighted by atomic mass is 16.3. The lowest BCUT2D eigenvalue weighted by atomic mass is 9.91. The minimum atomic E-state index is -0.252. The molecule has 2 aromatic rings. The van der Waals surface area contributed by atoms with Crippen LogP contribution < -0.4 is 0 Å². The van der Waals surface area contributed by atoms with E-state index in [-0.39, 0.29) is 23.7 Å². The van der Waals surface area contributed by atoms with Crippen molar-refractivity contribution >= 4 is 22.3 Å². The molecular formula is C14H10O3. The van der Waals surface area contributed by atoms with Crippen LogP contribution in [-0.4, -0.2) is 16.0 Å². The molecule has 3 heteroatoms. The molecule has 17 heavy (non-hydrogen) atoms. The first-order valence-corrected chi connectivity index (χ1v) is 5.34. The van der Waals surface area contributed by atoms with E-state index >= 15 is 0 Å². The van der Waals surface area contributed by atoms with Crippen molar-refractivity contribution in [3.63, 3.8) is 0 Å². The Balaban J connectivity index is 2.39. The summed E-state index contributed by atoms with van der Waals surface area (Å²) in [6.45, 7) is 0. The Labute approximate surface area is 97.6 Å². The first-order chi connectivity index (χ1) is 8.16. The first-order valence-electron chi connectivity index (χ1n) is 5.34. The normalized spacial score (nSPS) is 15.2. The number of benzene rings is 2. The van der Waals surface area contributed by atoms with E-state index in [2.05, 4.69) is 0 Å². The van der Waals surface area contributed by atoms with Crippen LogP contribution in [0, 0.1) is 0 Å². The molecule has 1 aliphatic carbocycles. The summed E-state index contributed by atoms with van der Waals surface area (Å²) in [5.74, 6) is -0.607. The highest BCUT2D eigenvalue weighted by Crippen LogP contribution is 2.31. The highest BCUT2D eigenvalue weighted by Gasteiger charge is 2.24. The fraction of sp³-hybridized carbons (Fsp3) is 0.0714. The van der Waals surface area contributed by atoms with Gasteiger partial charge in [-0.05, 0) is 22.9 Å². The van der Waals surface area contributed by atoms with Gasteiger partial charge in [-0.3, -0.25) is 4.79 Å². The molecule has 2 aromatic carbocycles. The van der Waals surface area contributed by atoms with Crippen LogP contribution in [0.4, 0.5) is 0 Å². The Morgan fingerprint density at radius 3 is 2.18 bits per heavy atom. The van der Waals surface area contributed by atoms with E-state index in [9.17, 15) is 15.0 Å². The van der Waals surface area contributed by atoms with Crippen LogP contribution in [0.15, 0.2) is 42.2 Å². The van der Waals surface area contributed by atoms with Crippen LogP contribution in [0.3, 0.4) is 0 Å². The summed E-state index contributed by atoms with van der Waals surface area (Å²) in [4.78, 5) is 11.8. The molecule has 0 fully saturated rings. The average Bonchev–Trinajstić information content (AvgIpc) is 2.34. The lowest BCUT2D eigenvalue weighted by Crippen LogP contribution is -2.12. The first kappa shape index (κ1) is 9.90. The van der Waals surface area contributed by atoms with Crippen LogP contribution in [0.1, 0.15) is 22.3 Å². The summed E-state index contributed by atoms with van der Waals surface area (Å²) in [6.07, 6.45) is -0.128. The zero-order chi connectivity index (χ0) is 12.0. The molecular weight excluding hydrogens is 216 g/mol. The van der Waals surface area contributed by atoms with Gasteiger partial charge in [0.1, 0.15) is 5.76 Å². The van der Waals surface area contributed by atoms with Gasteiger partial charge in [0.15, 0.2) is 11.5 Å². The molecule has 2 N–H and O–H groups in total. The molecule has 84 valence electrons. The van der Waals surface area contributed by atoms with E-state index in [0.717, 1.165) is 10.8 Å². The predicted octanol–water partition coefficient (Wildman–Crippen LogP) is 3.21. The molecule has 0 radical (unpaired) electrons. The van der Waals surface area contributed by atoms with Crippen LogP contribution >= 0.6 is 0 Å². The fourth-order valence-electron chi connectivity index (χ4n) is 2.15. The zero-order valence-corrected chi connectivity index (χ0v) is 8.97. The topological polar surface area (TPSA) is 57.5 Å². The second-order valence-corrected chi connectivity index (χ2v) is 4.14. The Bertz CT molecular complexity index is 668. The van der Waals surface area contributed by atoms with Gasteiger partial charge in [-0.2, -0.15) is 0 Å². The fourth-order valence-corrected chi connectivity index (χ4v) is 2.15. The predicted molar refractivity (Wildman–Crippen MR) is 65.1 cm³/mol. The van der Waals surface area contributed by atoms with Gasteiger partial charge in [0.05, 0.1) is 6.42 Å². The van der Waals surface area contributed by atoms with E-state index in [0.29, 0.717) is 11.1 Å². The molecule has 0 amide bonds. The number of ketones is 1. The summed E-state index contributed by atoms with van der Waals surface area (Å²) < 4.78 is 0. The second-order valence-electron chi connectivity index (χ2n) is 4.14. The van der Waals surface area contributed by atoms with Crippen molar-refractivity contribution in [3.8, 4) is 0 Å². The van der Waals surface area contributed by atoms with Crippen LogP contribution in [0.25, 0.3) is 16.5 Å². The van der Waals surface area contributed by atoms with Crippen molar-refractivity contribution in [2.75, 3.05) is 0 Å². The van der Waals surface area contributed by atoms with Gasteiger partial charge in [0, 0.05) is 11.1 Å². The summed E-state index contributed by atoms with van der Waals surface area (Å²) in [5.41, 5.74) is 0.886. The van der Waals surface area contributed by atoms with Gasteiger partial charge >= 0.3 is 0 Å². The minimum Gasteiger partial charge on any atom is -0.508 e. The number of hydrogen-bond acceptors (Lipinski definition) is 3. The molecule has 3 rings (SSSR count). The Morgan fingerprint density at radius 1 is 0.941 bits per heavy atom. The molecule has 0 heterocycles. The summed E-state index contributed by atoms with van der Waals surface area (Å²) in [6, 6.07) is 11.1. The summed E-state index contributed by atoms with van der Waals surface area (Å²) in [5, 5.41) is 21.1. The van der Waals surface area contributed by atoms with Gasteiger partial charge in [0.25, 0.3) is 0 Å². The van der Waals surface area contributed by atoms with Crippen molar-refractivity contribution < 1.29 is 15.0 Å². The van der Waals surface area contributed by atoms with Gasteiger partial charge in [-0.15, -0.1) is 0 Å². The SMILES string of the molecule is O=C1CC(O)=C(O)c2cc3ccccc3cc21. The van der Waals surface area contributed by atoms with E-state index in [1.807, 2.05) is 24.3 Å². The van der Waals surface area contributed by atoms with Gasteiger partial charge < -0.3 is 10.2 Å². The van der Waals surface area contributed by atoms with E-state index in [4.69, 9.17) is 0 Å². The van der Waals surface area contributed by atoms with Crippen molar-refractivity contribution in [2.45, 2.75) is 6.42 Å². The molecule has 0 aliphatic heterocycles. The van der Waals surface area contributed by atoms with E-state index < -0.39 is 0 Å². The Kier molecular flexibility index (Phi) is 1.95. The standard InChI is InChI=1S/C14H10O3/c15-12-7-13(16)14(17)11-6-9-4-2-1-3-8(9)5-10(11)12/h1-6,16-17H,7H2. The van der Waals surface area contributed by atoms with Gasteiger partial charge in [-0.25, -0.2) is 0 Å². The maximum Gasteiger partial charge on any atom is 0.171 e. The van der Waals surface area contributed by atoms with Crippen LogP contribution in [0.2, 0.25) is 0 Å². The van der Waals surface area contributed by atoms with Crippen molar-refractivity contribution in [1.82, 2.24) is 0 Å². The highest BCUT2D eigenvalue weighted by molar-refractivity contribution is 6.07. The lowest BCUT2D eigenvalue weighted by molar-refractivity contribution is 0.0974. The summed E-state index contributed by atoms with van der Waals surface area (Å²) >= 11 is 0. The molecule has 0 aromatic heterocycles. The number of rotatable bonds is 0. The Morgan fingerprint density at radius 2 is 1.53 bits per heavy atom. The third-order valence-corrected chi connectivity index (χ3v) is 3.04. The number of fused-ring (bicyclic) bond motifs is 2. The maximum absolute atomic E-state index is 11.8. The molecule has 0 saturated carbocycles. The number of allylic oxidation sites excluding steroid dienone is 1. The van der Waals surface area contributed by atoms with Crippen LogP contribution in [0.5, 0.6) is 0 Å². The van der Waals surface area contributed by atoms with Crippen molar-refractivity contribution in [3.05, 3.63) is 53.3 Å². The molecule has 3 nitrogen and oxygen atoms in total. The minimum absolute atomic E-state index is 0.128. The molecule has 0 unspecified atom stereocenters. The lowest BCUT2D eigenvalue weighted by Gasteiger charge is -2.16. The number of hydrogen-bond donors (Lipinski definition) is 2. The van der Waals surface area contributed by atoms with Crippen molar-refractivity contribution in [2.24, 2.45) is 0 Å². The van der Waals surface area contributed by atoms with Crippen molar-refractivity contribution in [1.29, 1.82) is 0 Å². The third kappa shape index (κ3) is 1.40. The maximum atomic E-state index is 11.8. The van der Waals surface area contributed by atoms with Gasteiger partial charge in [-0.1, -0.05) is 24.3 Å². The molecule has 0 bridgehead atoms. The Hall–Kier alpha value is -2.29. The quantitative estimate of drug-likeness (QED) is 0.725. The smallest absolute Gasteiger partial charge is 0.171 e. The molecule has 0 atom stereocenters. The van der Waals surface area contributed by atoms with Crippen LogP contribution in [-0.2, 0) is 0 Å². The molecule has 0 saturated heterocycles. The number of carbonyl (C=O) groups is 1. The number of carbonyl (C=O) groups excluding carboxylic acids is 1. The third-order valence-electron chi connectivity index (χ3n) is 3.04. The second kappa shape index (κ2) is 3.35. The molecule has 1 aliphatic rings. The number of Topliss-reactive ketones (excluding diaryl/α,β-unsaturated/α-hetero) is 1. The number of aliphatic hydroxyl groups excluding tert-OH is 2. The zero-order valence-electron chi connectivity index (χ0n) is 8.97. The van der Waals surface area contributed by atoms with E-state index in [1.165, 1.54) is 0 Å². The van der Waals surface area contributed by atoms with E-state index in [1.54, 1.807) is 12.1 Å². The number of aliphatic hydroxyl groups is 2. The van der Waals surface area contributed by atoms with Gasteiger partial charge in [0.2, 0.25) is 0 Å².